The molecule has 0 atom stereocenters. The summed E-state index contributed by atoms with van der Waals surface area (Å²) in [7, 11) is 0. The quantitative estimate of drug-likeness (QED) is 0.539. The first kappa shape index (κ1) is 16.4. The number of rotatable bonds is 5. The van der Waals surface area contributed by atoms with Crippen molar-refractivity contribution in [1.29, 1.82) is 0 Å². The number of hydrogen-bond donors (Lipinski definition) is 0. The van der Waals surface area contributed by atoms with Crippen LogP contribution in [-0.2, 0) is 12.2 Å². The number of thioether (sulfide) groups is 1. The standard InChI is InChI=1S/C20H17NO2S2/c22-18-11-5-10-17-19(18)25-20(21-17)24-13-14-6-4-9-16(12-14)23-15-7-2-1-3-8-15/h1-4,6-9,12H,5,10-11,13H2. The maximum atomic E-state index is 11.9. The van der Waals surface area contributed by atoms with Crippen molar-refractivity contribution in [2.75, 3.05) is 0 Å². The highest BCUT2D eigenvalue weighted by Gasteiger charge is 2.22. The number of ether oxygens (including phenoxy) is 1. The molecular formula is C20H17NO2S2. The summed E-state index contributed by atoms with van der Waals surface area (Å²) >= 11 is 3.22. The van der Waals surface area contributed by atoms with Gasteiger partial charge in [-0.2, -0.15) is 0 Å². The monoisotopic (exact) mass is 367 g/mol. The van der Waals surface area contributed by atoms with Gasteiger partial charge in [0.1, 0.15) is 11.5 Å². The first-order valence-electron chi connectivity index (χ1n) is 8.25. The molecule has 0 bridgehead atoms. The lowest BCUT2D eigenvalue weighted by Crippen LogP contribution is -2.07. The van der Waals surface area contributed by atoms with E-state index >= 15 is 0 Å². The van der Waals surface area contributed by atoms with Crippen molar-refractivity contribution in [2.45, 2.75) is 29.4 Å². The molecular weight excluding hydrogens is 350 g/mol. The van der Waals surface area contributed by atoms with Crippen LogP contribution in [0.1, 0.15) is 33.8 Å². The second-order valence-electron chi connectivity index (χ2n) is 5.88. The van der Waals surface area contributed by atoms with Crippen LogP contribution < -0.4 is 4.74 Å². The molecule has 0 amide bonds. The van der Waals surface area contributed by atoms with E-state index in [1.165, 1.54) is 5.56 Å². The SMILES string of the molecule is O=C1CCCc2nc(SCc3cccc(Oc4ccccc4)c3)sc21. The van der Waals surface area contributed by atoms with Crippen molar-refractivity contribution >= 4 is 28.9 Å². The molecule has 0 fully saturated rings. The van der Waals surface area contributed by atoms with Crippen LogP contribution in [0.4, 0.5) is 0 Å². The molecule has 0 saturated carbocycles. The molecule has 3 nitrogen and oxygen atoms in total. The summed E-state index contributed by atoms with van der Waals surface area (Å²) in [5, 5.41) is 0. The molecule has 0 N–H and O–H groups in total. The van der Waals surface area contributed by atoms with Gasteiger partial charge in [-0.15, -0.1) is 11.3 Å². The molecule has 0 saturated heterocycles. The molecule has 126 valence electrons. The van der Waals surface area contributed by atoms with Crippen LogP contribution in [0.15, 0.2) is 58.9 Å². The number of thiazole rings is 1. The van der Waals surface area contributed by atoms with Gasteiger partial charge in [0.2, 0.25) is 0 Å². The van der Waals surface area contributed by atoms with Gasteiger partial charge in [0.15, 0.2) is 10.1 Å². The van der Waals surface area contributed by atoms with Crippen LogP contribution >= 0.6 is 23.1 Å². The van der Waals surface area contributed by atoms with Crippen LogP contribution in [0.5, 0.6) is 11.5 Å². The van der Waals surface area contributed by atoms with Gasteiger partial charge in [-0.05, 0) is 42.7 Å². The Morgan fingerprint density at radius 2 is 1.88 bits per heavy atom. The summed E-state index contributed by atoms with van der Waals surface area (Å²) < 4.78 is 6.87. The Balaban J connectivity index is 1.43. The smallest absolute Gasteiger partial charge is 0.174 e. The van der Waals surface area contributed by atoms with Crippen molar-refractivity contribution in [1.82, 2.24) is 4.98 Å². The Bertz CT molecular complexity index is 890. The van der Waals surface area contributed by atoms with Gasteiger partial charge in [0.05, 0.1) is 10.6 Å². The number of hydrogen-bond acceptors (Lipinski definition) is 5. The zero-order valence-electron chi connectivity index (χ0n) is 13.6. The van der Waals surface area contributed by atoms with Crippen LogP contribution in [-0.4, -0.2) is 10.8 Å². The third kappa shape index (κ3) is 3.94. The van der Waals surface area contributed by atoms with Gasteiger partial charge in [-0.3, -0.25) is 4.79 Å². The van der Waals surface area contributed by atoms with Crippen LogP contribution in [0.2, 0.25) is 0 Å². The summed E-state index contributed by atoms with van der Waals surface area (Å²) in [6, 6.07) is 17.9. The number of ketones is 1. The lowest BCUT2D eigenvalue weighted by Gasteiger charge is -2.07. The number of aromatic nitrogens is 1. The molecule has 0 spiro atoms. The lowest BCUT2D eigenvalue weighted by molar-refractivity contribution is 0.0976. The predicted octanol–water partition coefficient (Wildman–Crippen LogP) is 5.75. The van der Waals surface area contributed by atoms with Crippen molar-refractivity contribution in [3.05, 3.63) is 70.7 Å². The van der Waals surface area contributed by atoms with Crippen LogP contribution in [0, 0.1) is 0 Å². The Labute approximate surface area is 155 Å². The topological polar surface area (TPSA) is 39.2 Å². The van der Waals surface area contributed by atoms with E-state index < -0.39 is 0 Å². The first-order chi connectivity index (χ1) is 12.3. The number of fused-ring (bicyclic) bond motifs is 1. The average Bonchev–Trinajstić information content (AvgIpc) is 3.06. The van der Waals surface area contributed by atoms with E-state index in [0.717, 1.165) is 45.0 Å². The normalized spacial score (nSPS) is 13.5. The average molecular weight is 367 g/mol. The van der Waals surface area contributed by atoms with Crippen molar-refractivity contribution in [3.63, 3.8) is 0 Å². The van der Waals surface area contributed by atoms with Gasteiger partial charge in [0, 0.05) is 12.2 Å². The fraction of sp³-hybridized carbons (Fsp3) is 0.200. The highest BCUT2D eigenvalue weighted by Crippen LogP contribution is 2.34. The summed E-state index contributed by atoms with van der Waals surface area (Å²) in [5.41, 5.74) is 2.17. The third-order valence-corrected chi connectivity index (χ3v) is 6.34. The van der Waals surface area contributed by atoms with Gasteiger partial charge in [-0.1, -0.05) is 42.1 Å². The van der Waals surface area contributed by atoms with Crippen molar-refractivity contribution < 1.29 is 9.53 Å². The molecule has 1 heterocycles. The minimum atomic E-state index is 0.254. The van der Waals surface area contributed by atoms with Gasteiger partial charge < -0.3 is 4.74 Å². The van der Waals surface area contributed by atoms with Gasteiger partial charge in [-0.25, -0.2) is 4.98 Å². The Morgan fingerprint density at radius 1 is 1.04 bits per heavy atom. The number of Topliss-reactive ketones (excluding diaryl/α,β-unsaturated/α-hetero) is 1. The first-order valence-corrected chi connectivity index (χ1v) is 10.1. The largest absolute Gasteiger partial charge is 0.457 e. The van der Waals surface area contributed by atoms with E-state index in [1.54, 1.807) is 23.1 Å². The molecule has 25 heavy (non-hydrogen) atoms. The van der Waals surface area contributed by atoms with E-state index in [9.17, 15) is 4.79 Å². The van der Waals surface area contributed by atoms with E-state index in [4.69, 9.17) is 4.74 Å². The molecule has 4 rings (SSSR count). The summed E-state index contributed by atoms with van der Waals surface area (Å²) in [6.07, 6.45) is 2.52. The molecule has 2 aromatic carbocycles. The second kappa shape index (κ2) is 7.42. The number of para-hydroxylation sites is 1. The van der Waals surface area contributed by atoms with E-state index in [2.05, 4.69) is 17.1 Å². The molecule has 0 radical (unpaired) electrons. The summed E-state index contributed by atoms with van der Waals surface area (Å²) in [6.45, 7) is 0. The predicted molar refractivity (Wildman–Crippen MR) is 102 cm³/mol. The fourth-order valence-corrected chi connectivity index (χ4v) is 4.90. The lowest BCUT2D eigenvalue weighted by atomic mass is 10.0. The maximum Gasteiger partial charge on any atom is 0.174 e. The van der Waals surface area contributed by atoms with E-state index in [-0.39, 0.29) is 5.78 Å². The minimum Gasteiger partial charge on any atom is -0.457 e. The Kier molecular flexibility index (Phi) is 4.85. The van der Waals surface area contributed by atoms with Crippen molar-refractivity contribution in [3.8, 4) is 11.5 Å². The zero-order chi connectivity index (χ0) is 17.1. The molecule has 1 aromatic heterocycles. The van der Waals surface area contributed by atoms with Crippen LogP contribution in [0.25, 0.3) is 0 Å². The number of nitrogens with zero attached hydrogens (tertiary/aromatic N) is 1. The molecule has 5 heteroatoms. The molecule has 1 aliphatic carbocycles. The van der Waals surface area contributed by atoms with Crippen LogP contribution in [0.3, 0.4) is 0 Å². The molecule has 1 aliphatic rings. The second-order valence-corrected chi connectivity index (χ2v) is 8.11. The van der Waals surface area contributed by atoms with E-state index in [1.807, 2.05) is 42.5 Å². The Hall–Kier alpha value is -2.11. The summed E-state index contributed by atoms with van der Waals surface area (Å²) in [4.78, 5) is 17.4. The molecule has 0 aliphatic heterocycles. The Morgan fingerprint density at radius 3 is 2.72 bits per heavy atom. The van der Waals surface area contributed by atoms with E-state index in [0.29, 0.717) is 6.42 Å². The van der Waals surface area contributed by atoms with Gasteiger partial charge in [0.25, 0.3) is 0 Å². The summed E-state index contributed by atoms with van der Waals surface area (Å²) in [5.74, 6) is 2.73. The fourth-order valence-electron chi connectivity index (χ4n) is 2.78. The number of benzene rings is 2. The number of carbonyl (C=O) groups is 1. The highest BCUT2D eigenvalue weighted by molar-refractivity contribution is 8.00. The molecule has 0 unspecified atom stereocenters. The number of aryl methyl sites for hydroxylation is 1. The highest BCUT2D eigenvalue weighted by atomic mass is 32.2. The maximum absolute atomic E-state index is 11.9. The van der Waals surface area contributed by atoms with Gasteiger partial charge >= 0.3 is 0 Å². The zero-order valence-corrected chi connectivity index (χ0v) is 15.2. The number of carbonyl (C=O) groups excluding carboxylic acids is 1. The third-order valence-electron chi connectivity index (χ3n) is 3.99. The molecule has 3 aromatic rings. The van der Waals surface area contributed by atoms with Crippen molar-refractivity contribution in [2.24, 2.45) is 0 Å². The minimum absolute atomic E-state index is 0.254.